The Bertz CT molecular complexity index is 1010. The maximum atomic E-state index is 13.1. The SMILES string of the molecule is COc1ccccc1C(C)NC(=O)C(C)N(c1cccc(C(F)(F)F)c1)S(C)(=O)=O. The minimum Gasteiger partial charge on any atom is -0.496 e. The molecule has 0 radical (unpaired) electrons. The lowest BCUT2D eigenvalue weighted by Crippen LogP contribution is -2.48. The highest BCUT2D eigenvalue weighted by Crippen LogP contribution is 2.33. The van der Waals surface area contributed by atoms with Crippen LogP contribution >= 0.6 is 0 Å². The van der Waals surface area contributed by atoms with Crippen molar-refractivity contribution < 1.29 is 31.1 Å². The van der Waals surface area contributed by atoms with E-state index in [9.17, 15) is 26.4 Å². The summed E-state index contributed by atoms with van der Waals surface area (Å²) in [6, 6.07) is 9.01. The maximum Gasteiger partial charge on any atom is 0.416 e. The molecule has 164 valence electrons. The molecular formula is C20H23F3N2O4S. The molecule has 0 bridgehead atoms. The van der Waals surface area contributed by atoms with E-state index in [1.807, 2.05) is 0 Å². The summed E-state index contributed by atoms with van der Waals surface area (Å²) >= 11 is 0. The van der Waals surface area contributed by atoms with Crippen LogP contribution in [0.5, 0.6) is 5.75 Å². The number of benzene rings is 2. The molecule has 0 aromatic heterocycles. The third-order valence-electron chi connectivity index (χ3n) is 4.48. The highest BCUT2D eigenvalue weighted by Gasteiger charge is 2.34. The van der Waals surface area contributed by atoms with Crippen molar-refractivity contribution in [3.63, 3.8) is 0 Å². The monoisotopic (exact) mass is 444 g/mol. The van der Waals surface area contributed by atoms with E-state index in [2.05, 4.69) is 5.32 Å². The molecule has 1 amide bonds. The van der Waals surface area contributed by atoms with Crippen molar-refractivity contribution in [2.24, 2.45) is 0 Å². The number of sulfonamides is 1. The fraction of sp³-hybridized carbons (Fsp3) is 0.350. The molecule has 30 heavy (non-hydrogen) atoms. The molecule has 0 saturated carbocycles. The van der Waals surface area contributed by atoms with Gasteiger partial charge in [0, 0.05) is 5.56 Å². The highest BCUT2D eigenvalue weighted by atomic mass is 32.2. The van der Waals surface area contributed by atoms with E-state index in [-0.39, 0.29) is 5.69 Å². The first kappa shape index (κ1) is 23.5. The summed E-state index contributed by atoms with van der Waals surface area (Å²) < 4.78 is 69.8. The molecule has 2 aromatic carbocycles. The number of alkyl halides is 3. The molecule has 2 rings (SSSR count). The van der Waals surface area contributed by atoms with Gasteiger partial charge in [-0.2, -0.15) is 13.2 Å². The quantitative estimate of drug-likeness (QED) is 0.706. The predicted octanol–water partition coefficient (Wildman–Crippen LogP) is 3.75. The Labute approximate surface area is 173 Å². The van der Waals surface area contributed by atoms with E-state index < -0.39 is 39.8 Å². The van der Waals surface area contributed by atoms with Crippen LogP contribution in [0, 0.1) is 0 Å². The van der Waals surface area contributed by atoms with Crippen molar-refractivity contribution >= 4 is 21.6 Å². The summed E-state index contributed by atoms with van der Waals surface area (Å²) in [5, 5.41) is 2.69. The van der Waals surface area contributed by atoms with Gasteiger partial charge in [0.05, 0.1) is 30.7 Å². The molecule has 6 nitrogen and oxygen atoms in total. The molecule has 10 heteroatoms. The zero-order valence-electron chi connectivity index (χ0n) is 16.9. The molecule has 2 unspecified atom stereocenters. The Morgan fingerprint density at radius 3 is 2.30 bits per heavy atom. The van der Waals surface area contributed by atoms with E-state index in [1.54, 1.807) is 31.2 Å². The second-order valence-electron chi connectivity index (χ2n) is 6.76. The maximum absolute atomic E-state index is 13.1. The second kappa shape index (κ2) is 8.95. The van der Waals surface area contributed by atoms with Gasteiger partial charge in [-0.05, 0) is 38.1 Å². The topological polar surface area (TPSA) is 75.7 Å². The van der Waals surface area contributed by atoms with Crippen molar-refractivity contribution in [2.45, 2.75) is 32.1 Å². The van der Waals surface area contributed by atoms with Gasteiger partial charge in [0.1, 0.15) is 11.8 Å². The lowest BCUT2D eigenvalue weighted by molar-refractivity contribution is -0.137. The first-order chi connectivity index (χ1) is 13.9. The number of nitrogens with one attached hydrogen (secondary N) is 1. The number of anilines is 1. The number of halogens is 3. The number of ether oxygens (including phenoxy) is 1. The molecular weight excluding hydrogens is 421 g/mol. The summed E-state index contributed by atoms with van der Waals surface area (Å²) in [7, 11) is -2.58. The van der Waals surface area contributed by atoms with Crippen molar-refractivity contribution in [1.82, 2.24) is 5.32 Å². The molecule has 2 aromatic rings. The molecule has 0 saturated heterocycles. The van der Waals surface area contributed by atoms with Gasteiger partial charge < -0.3 is 10.1 Å². The normalized spacial score (nSPS) is 14.0. The Kier molecular flexibility index (Phi) is 7.02. The molecule has 1 N–H and O–H groups in total. The van der Waals surface area contributed by atoms with Gasteiger partial charge in [-0.1, -0.05) is 24.3 Å². The first-order valence-corrected chi connectivity index (χ1v) is 10.8. The van der Waals surface area contributed by atoms with Gasteiger partial charge in [-0.15, -0.1) is 0 Å². The molecule has 0 aliphatic rings. The van der Waals surface area contributed by atoms with Crippen LogP contribution in [0.2, 0.25) is 0 Å². The lowest BCUT2D eigenvalue weighted by Gasteiger charge is -2.30. The largest absolute Gasteiger partial charge is 0.496 e. The van der Waals surface area contributed by atoms with Crippen LogP contribution in [0.4, 0.5) is 18.9 Å². The average Bonchev–Trinajstić information content (AvgIpc) is 2.66. The molecule has 0 spiro atoms. The van der Waals surface area contributed by atoms with Crippen LogP contribution in [-0.4, -0.2) is 33.7 Å². The number of amides is 1. The molecule has 2 atom stereocenters. The van der Waals surface area contributed by atoms with Crippen LogP contribution < -0.4 is 14.4 Å². The van der Waals surface area contributed by atoms with E-state index in [0.29, 0.717) is 21.7 Å². The highest BCUT2D eigenvalue weighted by molar-refractivity contribution is 7.92. The summed E-state index contributed by atoms with van der Waals surface area (Å²) in [4.78, 5) is 12.8. The van der Waals surface area contributed by atoms with E-state index >= 15 is 0 Å². The van der Waals surface area contributed by atoms with Gasteiger partial charge in [-0.3, -0.25) is 9.10 Å². The second-order valence-corrected chi connectivity index (χ2v) is 8.61. The van der Waals surface area contributed by atoms with E-state index in [4.69, 9.17) is 4.74 Å². The molecule has 0 fully saturated rings. The van der Waals surface area contributed by atoms with Gasteiger partial charge in [0.25, 0.3) is 0 Å². The summed E-state index contributed by atoms with van der Waals surface area (Å²) in [5.41, 5.74) is -0.589. The number of carbonyl (C=O) groups is 1. The molecule has 0 heterocycles. The molecule has 0 aliphatic carbocycles. The first-order valence-electron chi connectivity index (χ1n) is 8.96. The van der Waals surface area contributed by atoms with Crippen molar-refractivity contribution in [2.75, 3.05) is 17.7 Å². The van der Waals surface area contributed by atoms with Crippen LogP contribution in [-0.2, 0) is 21.0 Å². The summed E-state index contributed by atoms with van der Waals surface area (Å²) in [5.74, 6) is -0.132. The van der Waals surface area contributed by atoms with Gasteiger partial charge in [-0.25, -0.2) is 8.42 Å². The third kappa shape index (κ3) is 5.44. The third-order valence-corrected chi connectivity index (χ3v) is 5.72. The summed E-state index contributed by atoms with van der Waals surface area (Å²) in [6.45, 7) is 3.00. The zero-order chi connectivity index (χ0) is 22.7. The fourth-order valence-corrected chi connectivity index (χ4v) is 4.23. The van der Waals surface area contributed by atoms with Gasteiger partial charge in [0.15, 0.2) is 0 Å². The number of carbonyl (C=O) groups excluding carboxylic acids is 1. The fourth-order valence-electron chi connectivity index (χ4n) is 3.06. The number of hydrogen-bond donors (Lipinski definition) is 1. The van der Waals surface area contributed by atoms with Crippen LogP contribution in [0.15, 0.2) is 48.5 Å². The van der Waals surface area contributed by atoms with E-state index in [0.717, 1.165) is 18.4 Å². The number of methoxy groups -OCH3 is 1. The van der Waals surface area contributed by atoms with Crippen LogP contribution in [0.25, 0.3) is 0 Å². The van der Waals surface area contributed by atoms with Gasteiger partial charge >= 0.3 is 6.18 Å². The van der Waals surface area contributed by atoms with Crippen molar-refractivity contribution in [3.05, 3.63) is 59.7 Å². The summed E-state index contributed by atoms with van der Waals surface area (Å²) in [6.07, 6.45) is -3.82. The zero-order valence-corrected chi connectivity index (χ0v) is 17.7. The smallest absolute Gasteiger partial charge is 0.416 e. The average molecular weight is 444 g/mol. The number of nitrogens with zero attached hydrogens (tertiary/aromatic N) is 1. The van der Waals surface area contributed by atoms with Crippen molar-refractivity contribution in [3.8, 4) is 5.75 Å². The standard InChI is InChI=1S/C20H23F3N2O4S/c1-13(17-10-5-6-11-18(17)29-3)24-19(26)14(2)25(30(4,27)28)16-9-7-8-15(12-16)20(21,22)23/h5-14H,1-4H3,(H,24,26). The van der Waals surface area contributed by atoms with Crippen LogP contribution in [0.1, 0.15) is 31.0 Å². The number of hydrogen-bond acceptors (Lipinski definition) is 4. The minimum absolute atomic E-state index is 0.250. The predicted molar refractivity (Wildman–Crippen MR) is 108 cm³/mol. The number of rotatable bonds is 7. The lowest BCUT2D eigenvalue weighted by atomic mass is 10.1. The number of para-hydroxylation sites is 1. The van der Waals surface area contributed by atoms with Crippen molar-refractivity contribution in [1.29, 1.82) is 0 Å². The van der Waals surface area contributed by atoms with Crippen LogP contribution in [0.3, 0.4) is 0 Å². The minimum atomic E-state index is -4.65. The Balaban J connectivity index is 2.34. The van der Waals surface area contributed by atoms with E-state index in [1.165, 1.54) is 20.1 Å². The molecule has 0 aliphatic heterocycles. The Morgan fingerprint density at radius 1 is 1.10 bits per heavy atom. The Morgan fingerprint density at radius 2 is 1.73 bits per heavy atom. The van der Waals surface area contributed by atoms with Gasteiger partial charge in [0.2, 0.25) is 15.9 Å². The Hall–Kier alpha value is -2.75.